The van der Waals surface area contributed by atoms with Gasteiger partial charge in [0, 0.05) is 6.04 Å². The predicted octanol–water partition coefficient (Wildman–Crippen LogP) is 3.00. The largest absolute Gasteiger partial charge is 0.444 e. The molecule has 5 atom stereocenters. The lowest BCUT2D eigenvalue weighted by atomic mass is 9.94. The highest BCUT2D eigenvalue weighted by atomic mass is 16.6. The number of fused-ring (bicyclic) bond motifs is 2. The van der Waals surface area contributed by atoms with Crippen molar-refractivity contribution in [1.29, 1.82) is 0 Å². The highest BCUT2D eigenvalue weighted by Gasteiger charge is 2.58. The van der Waals surface area contributed by atoms with Gasteiger partial charge in [0.05, 0.1) is 11.1 Å². The molecule has 1 aliphatic heterocycles. The van der Waals surface area contributed by atoms with E-state index in [1.807, 2.05) is 0 Å². The molecule has 0 N–H and O–H groups in total. The summed E-state index contributed by atoms with van der Waals surface area (Å²) in [5, 5.41) is 0. The van der Waals surface area contributed by atoms with Crippen LogP contribution in [0, 0.1) is 11.8 Å². The highest BCUT2D eigenvalue weighted by Crippen LogP contribution is 2.48. The third-order valence-electron chi connectivity index (χ3n) is 6.76. The molecule has 2 saturated carbocycles. The van der Waals surface area contributed by atoms with Crippen LogP contribution in [0.2, 0.25) is 0 Å². The van der Waals surface area contributed by atoms with E-state index < -0.39 is 36.0 Å². The Labute approximate surface area is 185 Å². The van der Waals surface area contributed by atoms with Crippen LogP contribution in [0.15, 0.2) is 60.7 Å². The van der Waals surface area contributed by atoms with Crippen molar-refractivity contribution in [2.24, 2.45) is 11.8 Å². The number of hydrogen-bond acceptors (Lipinski definition) is 6. The van der Waals surface area contributed by atoms with Gasteiger partial charge in [0.15, 0.2) is 0 Å². The number of rotatable bonds is 5. The fraction of sp³-hybridized carbons (Fsp3) is 0.360. The lowest BCUT2D eigenvalue weighted by molar-refractivity contribution is -0.145. The first-order valence-corrected chi connectivity index (χ1v) is 10.9. The number of hydrogen-bond donors (Lipinski definition) is 0. The van der Waals surface area contributed by atoms with Gasteiger partial charge >= 0.3 is 11.9 Å². The Balaban J connectivity index is 1.42. The molecule has 7 heteroatoms. The monoisotopic (exact) mass is 433 g/mol. The van der Waals surface area contributed by atoms with Crippen molar-refractivity contribution in [3.8, 4) is 0 Å². The van der Waals surface area contributed by atoms with Gasteiger partial charge in [-0.1, -0.05) is 42.8 Å². The number of carbonyl (C=O) groups is 4. The van der Waals surface area contributed by atoms with Crippen LogP contribution in [0.25, 0.3) is 0 Å². The molecular formula is C25H23NO6. The molecular weight excluding hydrogens is 410 g/mol. The quantitative estimate of drug-likeness (QED) is 0.532. The van der Waals surface area contributed by atoms with Gasteiger partial charge in [-0.15, -0.1) is 0 Å². The molecule has 2 aromatic rings. The summed E-state index contributed by atoms with van der Waals surface area (Å²) < 4.78 is 10.9. The summed E-state index contributed by atoms with van der Waals surface area (Å²) in [6.07, 6.45) is 0.820. The van der Waals surface area contributed by atoms with E-state index in [0.29, 0.717) is 5.92 Å². The number of likely N-dealkylation sites (tertiary alicyclic amines) is 1. The van der Waals surface area contributed by atoms with Crippen LogP contribution < -0.4 is 0 Å². The SMILES string of the molecule is O=C(O[C@@H]1C(=O)N([C@H]2C[C@H]3CC[C@H]2C3)C(=O)[C@@H]1OC(=O)c1ccccc1)c1ccccc1. The first-order valence-electron chi connectivity index (χ1n) is 10.9. The minimum absolute atomic E-state index is 0.230. The summed E-state index contributed by atoms with van der Waals surface area (Å²) >= 11 is 0. The van der Waals surface area contributed by atoms with E-state index in [4.69, 9.17) is 9.47 Å². The van der Waals surface area contributed by atoms with Crippen molar-refractivity contribution in [3.05, 3.63) is 71.8 Å². The molecule has 1 heterocycles. The molecule has 2 aromatic carbocycles. The van der Waals surface area contributed by atoms with Gasteiger partial charge in [0.2, 0.25) is 12.2 Å². The van der Waals surface area contributed by atoms with Crippen molar-refractivity contribution in [1.82, 2.24) is 4.90 Å². The molecule has 32 heavy (non-hydrogen) atoms. The van der Waals surface area contributed by atoms with Crippen LogP contribution in [0.3, 0.4) is 0 Å². The second-order valence-electron chi connectivity index (χ2n) is 8.67. The van der Waals surface area contributed by atoms with E-state index in [1.54, 1.807) is 60.7 Å². The van der Waals surface area contributed by atoms with Gasteiger partial charge < -0.3 is 9.47 Å². The van der Waals surface area contributed by atoms with E-state index in [1.165, 1.54) is 4.90 Å². The van der Waals surface area contributed by atoms with Crippen molar-refractivity contribution in [2.75, 3.05) is 0 Å². The van der Waals surface area contributed by atoms with Crippen molar-refractivity contribution >= 4 is 23.8 Å². The first-order chi connectivity index (χ1) is 15.5. The molecule has 0 unspecified atom stereocenters. The smallest absolute Gasteiger partial charge is 0.339 e. The van der Waals surface area contributed by atoms with E-state index in [9.17, 15) is 19.2 Å². The summed E-state index contributed by atoms with van der Waals surface area (Å²) in [7, 11) is 0. The Morgan fingerprint density at radius 2 is 1.22 bits per heavy atom. The molecule has 1 saturated heterocycles. The number of ether oxygens (including phenoxy) is 2. The maximum Gasteiger partial charge on any atom is 0.339 e. The van der Waals surface area contributed by atoms with Gasteiger partial charge in [0.1, 0.15) is 0 Å². The van der Waals surface area contributed by atoms with Crippen molar-refractivity contribution in [2.45, 2.75) is 43.9 Å². The molecule has 0 spiro atoms. The number of imide groups is 1. The zero-order valence-corrected chi connectivity index (χ0v) is 17.4. The van der Waals surface area contributed by atoms with Crippen LogP contribution in [-0.2, 0) is 19.1 Å². The summed E-state index contributed by atoms with van der Waals surface area (Å²) in [5.74, 6) is -1.95. The van der Waals surface area contributed by atoms with Gasteiger partial charge in [-0.05, 0) is 55.4 Å². The zero-order valence-electron chi connectivity index (χ0n) is 17.4. The average Bonchev–Trinajstić information content (AvgIpc) is 3.51. The maximum absolute atomic E-state index is 13.3. The Bertz CT molecular complexity index is 981. The molecule has 2 aliphatic carbocycles. The minimum atomic E-state index is -1.50. The van der Waals surface area contributed by atoms with Gasteiger partial charge in [-0.2, -0.15) is 0 Å². The first kappa shape index (κ1) is 20.4. The number of amides is 2. The third-order valence-corrected chi connectivity index (χ3v) is 6.76. The summed E-state index contributed by atoms with van der Waals surface area (Å²) in [6.45, 7) is 0. The van der Waals surface area contributed by atoms with E-state index in [0.717, 1.165) is 25.7 Å². The van der Waals surface area contributed by atoms with E-state index in [-0.39, 0.29) is 23.1 Å². The van der Waals surface area contributed by atoms with Crippen LogP contribution in [0.1, 0.15) is 46.4 Å². The predicted molar refractivity (Wildman–Crippen MR) is 112 cm³/mol. The summed E-state index contributed by atoms with van der Waals surface area (Å²) in [6, 6.07) is 16.2. The lowest BCUT2D eigenvalue weighted by Gasteiger charge is -2.29. The number of benzene rings is 2. The highest BCUT2D eigenvalue weighted by molar-refractivity contribution is 6.10. The fourth-order valence-corrected chi connectivity index (χ4v) is 5.24. The standard InChI is InChI=1S/C25H23NO6/c27-22-20(31-24(29)16-7-3-1-4-8-16)21(32-25(30)17-9-5-2-6-10-17)23(28)26(22)19-14-15-11-12-18(19)13-15/h1-10,15,18-21H,11-14H2/t15-,18-,19-,20-,21+/m0/s1. The summed E-state index contributed by atoms with van der Waals surface area (Å²) in [5.41, 5.74) is 0.499. The van der Waals surface area contributed by atoms with Crippen LogP contribution in [0.4, 0.5) is 0 Å². The zero-order chi connectivity index (χ0) is 22.2. The van der Waals surface area contributed by atoms with Gasteiger partial charge in [-0.25, -0.2) is 9.59 Å². The maximum atomic E-state index is 13.3. The Kier molecular flexibility index (Phi) is 5.25. The fourth-order valence-electron chi connectivity index (χ4n) is 5.24. The minimum Gasteiger partial charge on any atom is -0.444 e. The molecule has 7 nitrogen and oxygen atoms in total. The number of nitrogens with zero attached hydrogens (tertiary/aromatic N) is 1. The molecule has 3 aliphatic rings. The summed E-state index contributed by atoms with van der Waals surface area (Å²) in [4.78, 5) is 53.2. The number of esters is 2. The van der Waals surface area contributed by atoms with Gasteiger partial charge in [-0.3, -0.25) is 14.5 Å². The average molecular weight is 433 g/mol. The Hall–Kier alpha value is -3.48. The van der Waals surface area contributed by atoms with E-state index in [2.05, 4.69) is 0 Å². The normalized spacial score (nSPS) is 28.8. The molecule has 5 rings (SSSR count). The number of carbonyl (C=O) groups excluding carboxylic acids is 4. The Morgan fingerprint density at radius 1 is 0.719 bits per heavy atom. The Morgan fingerprint density at radius 3 is 1.62 bits per heavy atom. The molecule has 0 radical (unpaired) electrons. The molecule has 2 amide bonds. The van der Waals surface area contributed by atoms with E-state index >= 15 is 0 Å². The molecule has 0 aromatic heterocycles. The van der Waals surface area contributed by atoms with Crippen molar-refractivity contribution < 1.29 is 28.7 Å². The second-order valence-corrected chi connectivity index (χ2v) is 8.67. The van der Waals surface area contributed by atoms with Crippen molar-refractivity contribution in [3.63, 3.8) is 0 Å². The molecule has 3 fully saturated rings. The van der Waals surface area contributed by atoms with Crippen LogP contribution in [-0.4, -0.2) is 46.9 Å². The van der Waals surface area contributed by atoms with Crippen LogP contribution >= 0.6 is 0 Å². The second kappa shape index (κ2) is 8.22. The van der Waals surface area contributed by atoms with Crippen LogP contribution in [0.5, 0.6) is 0 Å². The third kappa shape index (κ3) is 3.57. The molecule has 164 valence electrons. The topological polar surface area (TPSA) is 90.0 Å². The van der Waals surface area contributed by atoms with Gasteiger partial charge in [0.25, 0.3) is 11.8 Å². The lowest BCUT2D eigenvalue weighted by Crippen LogP contribution is -2.44. The molecule has 2 bridgehead atoms.